The monoisotopic (exact) mass is 368 g/mol. The van der Waals surface area contributed by atoms with Gasteiger partial charge in [-0.05, 0) is 38.5 Å². The minimum absolute atomic E-state index is 0.138. The summed E-state index contributed by atoms with van der Waals surface area (Å²) < 4.78 is 39.3. The van der Waals surface area contributed by atoms with Crippen molar-refractivity contribution in [3.8, 4) is 5.69 Å². The first-order valence-electron chi connectivity index (χ1n) is 7.86. The van der Waals surface area contributed by atoms with E-state index in [-0.39, 0.29) is 5.56 Å². The van der Waals surface area contributed by atoms with Crippen molar-refractivity contribution >= 4 is 11.9 Å². The van der Waals surface area contributed by atoms with Crippen LogP contribution in [0.5, 0.6) is 0 Å². The van der Waals surface area contributed by atoms with Crippen molar-refractivity contribution in [2.75, 3.05) is 0 Å². The summed E-state index contributed by atoms with van der Waals surface area (Å²) in [6.45, 7) is 5.33. The highest BCUT2D eigenvalue weighted by atomic mass is 19.4. The molecule has 1 heterocycles. The first-order valence-corrected chi connectivity index (χ1v) is 7.86. The number of carbonyl (C=O) groups excluding carboxylic acids is 1. The number of hydrogen-bond acceptors (Lipinski definition) is 2. The molecule has 0 bridgehead atoms. The number of para-hydroxylation sites is 1. The molecule has 2 rings (SSSR count). The van der Waals surface area contributed by atoms with E-state index in [9.17, 15) is 22.8 Å². The lowest BCUT2D eigenvalue weighted by Crippen LogP contribution is -2.43. The molecule has 0 saturated heterocycles. The summed E-state index contributed by atoms with van der Waals surface area (Å²) in [5.74, 6) is -2.59. The van der Waals surface area contributed by atoms with Gasteiger partial charge in [0.15, 0.2) is 0 Å². The SMILES string of the molecule is Cc1ccccc1-n1c(C)cc(C(=O)NC(CC(F)(F)F)C(=O)O)c1C. The predicted octanol–water partition coefficient (Wildman–Crippen LogP) is 3.54. The number of hydrogen-bond donors (Lipinski definition) is 2. The number of nitrogens with zero attached hydrogens (tertiary/aromatic N) is 1. The second kappa shape index (κ2) is 7.23. The fourth-order valence-electron chi connectivity index (χ4n) is 2.85. The van der Waals surface area contributed by atoms with Gasteiger partial charge in [0, 0.05) is 17.1 Å². The normalized spacial score (nSPS) is 12.7. The van der Waals surface area contributed by atoms with Gasteiger partial charge in [0.25, 0.3) is 5.91 Å². The van der Waals surface area contributed by atoms with E-state index in [0.29, 0.717) is 11.4 Å². The number of rotatable bonds is 5. The van der Waals surface area contributed by atoms with E-state index in [1.807, 2.05) is 41.1 Å². The summed E-state index contributed by atoms with van der Waals surface area (Å²) >= 11 is 0. The Labute approximate surface area is 148 Å². The van der Waals surface area contributed by atoms with E-state index in [1.165, 1.54) is 6.07 Å². The van der Waals surface area contributed by atoms with Crippen molar-refractivity contribution in [2.45, 2.75) is 39.4 Å². The third-order valence-corrected chi connectivity index (χ3v) is 4.07. The van der Waals surface area contributed by atoms with Crippen molar-refractivity contribution in [3.63, 3.8) is 0 Å². The Morgan fingerprint density at radius 2 is 1.81 bits per heavy atom. The van der Waals surface area contributed by atoms with Crippen LogP contribution < -0.4 is 5.32 Å². The fraction of sp³-hybridized carbons (Fsp3) is 0.333. The Morgan fingerprint density at radius 3 is 2.35 bits per heavy atom. The molecule has 0 spiro atoms. The van der Waals surface area contributed by atoms with Crippen LogP contribution in [0.1, 0.15) is 33.7 Å². The number of carboxylic acid groups (broad SMARTS) is 1. The smallest absolute Gasteiger partial charge is 0.391 e. The van der Waals surface area contributed by atoms with Crippen LogP contribution in [-0.4, -0.2) is 33.8 Å². The van der Waals surface area contributed by atoms with Crippen LogP contribution in [0, 0.1) is 20.8 Å². The van der Waals surface area contributed by atoms with Gasteiger partial charge in [0.2, 0.25) is 0 Å². The standard InChI is InChI=1S/C18H19F3N2O3/c1-10-6-4-5-7-15(10)23-11(2)8-13(12(23)3)16(24)22-14(17(25)26)9-18(19,20)21/h4-8,14H,9H2,1-3H3,(H,22,24)(H,25,26). The fourth-order valence-corrected chi connectivity index (χ4v) is 2.85. The zero-order valence-electron chi connectivity index (χ0n) is 14.5. The number of aromatic nitrogens is 1. The third kappa shape index (κ3) is 4.25. The maximum Gasteiger partial charge on any atom is 0.391 e. The summed E-state index contributed by atoms with van der Waals surface area (Å²) in [4.78, 5) is 23.4. The van der Waals surface area contributed by atoms with Crippen molar-refractivity contribution in [2.24, 2.45) is 0 Å². The Kier molecular flexibility index (Phi) is 5.44. The molecule has 1 unspecified atom stereocenters. The van der Waals surface area contributed by atoms with E-state index >= 15 is 0 Å². The van der Waals surface area contributed by atoms with Gasteiger partial charge in [-0.15, -0.1) is 0 Å². The number of aryl methyl sites for hydroxylation is 2. The first kappa shape index (κ1) is 19.6. The molecule has 2 aromatic rings. The number of benzene rings is 1. The second-order valence-electron chi connectivity index (χ2n) is 6.09. The largest absolute Gasteiger partial charge is 0.480 e. The second-order valence-corrected chi connectivity index (χ2v) is 6.09. The zero-order valence-corrected chi connectivity index (χ0v) is 14.5. The molecule has 1 atom stereocenters. The molecule has 5 nitrogen and oxygen atoms in total. The maximum atomic E-state index is 12.5. The Bertz CT molecular complexity index is 841. The van der Waals surface area contributed by atoms with Crippen molar-refractivity contribution in [3.05, 3.63) is 52.8 Å². The minimum atomic E-state index is -4.70. The van der Waals surface area contributed by atoms with Crippen LogP contribution in [0.3, 0.4) is 0 Å². The summed E-state index contributed by atoms with van der Waals surface area (Å²) in [6, 6.07) is 6.96. The quantitative estimate of drug-likeness (QED) is 0.848. The van der Waals surface area contributed by atoms with E-state index in [4.69, 9.17) is 5.11 Å². The van der Waals surface area contributed by atoms with Crippen LogP contribution in [0.2, 0.25) is 0 Å². The lowest BCUT2D eigenvalue weighted by molar-refractivity contribution is -0.157. The topological polar surface area (TPSA) is 71.3 Å². The molecule has 0 saturated carbocycles. The number of alkyl halides is 3. The number of nitrogens with one attached hydrogen (secondary N) is 1. The number of aliphatic carboxylic acids is 1. The first-order chi connectivity index (χ1) is 12.0. The molecule has 0 radical (unpaired) electrons. The van der Waals surface area contributed by atoms with E-state index in [1.54, 1.807) is 13.8 Å². The van der Waals surface area contributed by atoms with Gasteiger partial charge in [-0.2, -0.15) is 13.2 Å². The number of carboxylic acids is 1. The molecule has 8 heteroatoms. The minimum Gasteiger partial charge on any atom is -0.480 e. The van der Waals surface area contributed by atoms with Gasteiger partial charge in [0.05, 0.1) is 12.0 Å². The summed E-state index contributed by atoms with van der Waals surface area (Å²) in [5.41, 5.74) is 3.17. The molecule has 1 aromatic carbocycles. The molecule has 0 aliphatic rings. The third-order valence-electron chi connectivity index (χ3n) is 4.07. The maximum absolute atomic E-state index is 12.5. The molecule has 1 amide bonds. The molecular weight excluding hydrogens is 349 g/mol. The summed E-state index contributed by atoms with van der Waals surface area (Å²) in [6.07, 6.45) is -6.33. The van der Waals surface area contributed by atoms with Crippen molar-refractivity contribution in [1.29, 1.82) is 0 Å². The average molecular weight is 368 g/mol. The summed E-state index contributed by atoms with van der Waals surface area (Å²) in [7, 11) is 0. The molecule has 140 valence electrons. The molecule has 0 aliphatic carbocycles. The van der Waals surface area contributed by atoms with Gasteiger partial charge in [-0.1, -0.05) is 18.2 Å². The molecule has 26 heavy (non-hydrogen) atoms. The molecule has 0 aliphatic heterocycles. The van der Waals surface area contributed by atoms with Gasteiger partial charge < -0.3 is 15.0 Å². The summed E-state index contributed by atoms with van der Waals surface area (Å²) in [5, 5.41) is 10.9. The van der Waals surface area contributed by atoms with E-state index < -0.39 is 30.5 Å². The number of halogens is 3. The lowest BCUT2D eigenvalue weighted by Gasteiger charge is -2.16. The van der Waals surface area contributed by atoms with Crippen LogP contribution >= 0.6 is 0 Å². The highest BCUT2D eigenvalue weighted by molar-refractivity contribution is 5.98. The Hall–Kier alpha value is -2.77. The highest BCUT2D eigenvalue weighted by Gasteiger charge is 2.36. The predicted molar refractivity (Wildman–Crippen MR) is 89.5 cm³/mol. The van der Waals surface area contributed by atoms with Gasteiger partial charge in [0.1, 0.15) is 6.04 Å². The van der Waals surface area contributed by atoms with Crippen LogP contribution in [-0.2, 0) is 4.79 Å². The van der Waals surface area contributed by atoms with Crippen LogP contribution in [0.25, 0.3) is 5.69 Å². The van der Waals surface area contributed by atoms with E-state index in [0.717, 1.165) is 11.3 Å². The van der Waals surface area contributed by atoms with Gasteiger partial charge in [-0.3, -0.25) is 4.79 Å². The molecule has 2 N–H and O–H groups in total. The van der Waals surface area contributed by atoms with Crippen molar-refractivity contribution in [1.82, 2.24) is 9.88 Å². The van der Waals surface area contributed by atoms with Crippen LogP contribution in [0.15, 0.2) is 30.3 Å². The van der Waals surface area contributed by atoms with Crippen molar-refractivity contribution < 1.29 is 27.9 Å². The Morgan fingerprint density at radius 1 is 1.19 bits per heavy atom. The van der Waals surface area contributed by atoms with E-state index in [2.05, 4.69) is 0 Å². The number of amides is 1. The van der Waals surface area contributed by atoms with Gasteiger partial charge in [-0.25, -0.2) is 4.79 Å². The van der Waals surface area contributed by atoms with Crippen LogP contribution in [0.4, 0.5) is 13.2 Å². The molecule has 0 fully saturated rings. The zero-order chi connectivity index (χ0) is 19.6. The van der Waals surface area contributed by atoms with Gasteiger partial charge >= 0.3 is 12.1 Å². The average Bonchev–Trinajstić information content (AvgIpc) is 2.81. The molecular formula is C18H19F3N2O3. The Balaban J connectivity index is 2.35. The number of carbonyl (C=O) groups is 2. The lowest BCUT2D eigenvalue weighted by atomic mass is 10.1. The highest BCUT2D eigenvalue weighted by Crippen LogP contribution is 2.25. The molecule has 1 aromatic heterocycles.